The predicted octanol–water partition coefficient (Wildman–Crippen LogP) is 0.304. The Morgan fingerprint density at radius 2 is 2.21 bits per heavy atom. The number of likely N-dealkylation sites (N-methyl/N-ethyl adjacent to an activating group) is 1. The number of hydrogen-bond acceptors (Lipinski definition) is 6. The lowest BCUT2D eigenvalue weighted by atomic mass is 10.1. The second kappa shape index (κ2) is 6.35. The van der Waals surface area contributed by atoms with Crippen molar-refractivity contribution in [2.45, 2.75) is 37.8 Å². The van der Waals surface area contributed by atoms with Gasteiger partial charge in [-0.3, -0.25) is 9.69 Å². The molecule has 24 heavy (non-hydrogen) atoms. The fourth-order valence-electron chi connectivity index (χ4n) is 3.49. The summed E-state index contributed by atoms with van der Waals surface area (Å²) < 4.78 is 1.70. The maximum atomic E-state index is 11.7. The van der Waals surface area contributed by atoms with E-state index in [1.165, 1.54) is 0 Å². The van der Waals surface area contributed by atoms with Crippen LogP contribution < -0.4 is 10.2 Å². The lowest BCUT2D eigenvalue weighted by Crippen LogP contribution is -2.60. The molecule has 2 fully saturated rings. The Balaban J connectivity index is 1.32. The van der Waals surface area contributed by atoms with Gasteiger partial charge in [0.25, 0.3) is 0 Å². The Morgan fingerprint density at radius 3 is 3.08 bits per heavy atom. The molecule has 0 radical (unpaired) electrons. The summed E-state index contributed by atoms with van der Waals surface area (Å²) in [5, 5.41) is 15.5. The van der Waals surface area contributed by atoms with Gasteiger partial charge >= 0.3 is 0 Å². The summed E-state index contributed by atoms with van der Waals surface area (Å²) in [4.78, 5) is 16.3. The molecule has 1 atom stereocenters. The predicted molar refractivity (Wildman–Crippen MR) is 89.8 cm³/mol. The van der Waals surface area contributed by atoms with E-state index in [1.807, 2.05) is 12.1 Å². The van der Waals surface area contributed by atoms with Crippen molar-refractivity contribution in [3.05, 3.63) is 18.5 Å². The lowest BCUT2D eigenvalue weighted by Gasteiger charge is -2.45. The number of nitrogens with one attached hydrogen (secondary N) is 1. The van der Waals surface area contributed by atoms with Crippen molar-refractivity contribution < 1.29 is 4.79 Å². The Hall–Kier alpha value is -2.22. The van der Waals surface area contributed by atoms with E-state index in [0.29, 0.717) is 12.5 Å². The van der Waals surface area contributed by atoms with Gasteiger partial charge in [-0.05, 0) is 32.0 Å². The first-order chi connectivity index (χ1) is 11.7. The van der Waals surface area contributed by atoms with Crippen LogP contribution in [0, 0.1) is 0 Å². The summed E-state index contributed by atoms with van der Waals surface area (Å²) in [5.74, 6) is 1.15. The molecule has 1 unspecified atom stereocenters. The molecule has 1 amide bonds. The fraction of sp³-hybridized carbons (Fsp3) is 0.625. The third kappa shape index (κ3) is 3.06. The molecule has 2 aromatic rings. The Kier molecular flexibility index (Phi) is 4.05. The number of anilines is 1. The topological polar surface area (TPSA) is 78.7 Å². The van der Waals surface area contributed by atoms with Crippen LogP contribution in [0.4, 0.5) is 5.82 Å². The summed E-state index contributed by atoms with van der Waals surface area (Å²) in [6, 6.07) is 4.72. The average molecular weight is 329 g/mol. The molecule has 8 nitrogen and oxygen atoms in total. The Labute approximate surface area is 140 Å². The molecule has 8 heteroatoms. The summed E-state index contributed by atoms with van der Waals surface area (Å²) >= 11 is 0. The molecule has 4 heterocycles. The summed E-state index contributed by atoms with van der Waals surface area (Å²) in [7, 11) is 2.15. The maximum Gasteiger partial charge on any atom is 0.220 e. The highest BCUT2D eigenvalue weighted by molar-refractivity contribution is 5.76. The minimum atomic E-state index is 0.201. The van der Waals surface area contributed by atoms with Gasteiger partial charge in [0.1, 0.15) is 12.1 Å². The van der Waals surface area contributed by atoms with Crippen LogP contribution in [0.2, 0.25) is 0 Å². The molecule has 1 N–H and O–H groups in total. The smallest absolute Gasteiger partial charge is 0.220 e. The fourth-order valence-corrected chi connectivity index (χ4v) is 3.49. The van der Waals surface area contributed by atoms with Crippen LogP contribution in [-0.2, 0) is 4.79 Å². The summed E-state index contributed by atoms with van der Waals surface area (Å²) in [6.07, 6.45) is 5.53. The highest BCUT2D eigenvalue weighted by atomic mass is 16.1. The van der Waals surface area contributed by atoms with E-state index < -0.39 is 0 Å². The molecule has 0 aliphatic carbocycles. The number of carbonyl (C=O) groups is 1. The zero-order valence-corrected chi connectivity index (χ0v) is 13.9. The zero-order chi connectivity index (χ0) is 16.5. The van der Waals surface area contributed by atoms with Gasteiger partial charge in [-0.2, -0.15) is 4.52 Å². The molecule has 0 spiro atoms. The molecule has 0 bridgehead atoms. The van der Waals surface area contributed by atoms with Gasteiger partial charge in [-0.25, -0.2) is 0 Å². The van der Waals surface area contributed by atoms with Crippen molar-refractivity contribution in [2.75, 3.05) is 31.6 Å². The first-order valence-corrected chi connectivity index (χ1v) is 8.60. The van der Waals surface area contributed by atoms with Gasteiger partial charge in [0, 0.05) is 38.1 Å². The molecule has 2 aliphatic heterocycles. The standard InChI is InChI=1S/C16H23N7O/c1-21(8-12-4-2-3-5-16(24)18-12)13-9-22(10-13)15-7-6-14-19-17-11-23(14)20-15/h6-7,11-13H,2-5,8-10H2,1H3,(H,18,24). The van der Waals surface area contributed by atoms with Gasteiger partial charge in [0.15, 0.2) is 5.65 Å². The highest BCUT2D eigenvalue weighted by Crippen LogP contribution is 2.22. The second-order valence-corrected chi connectivity index (χ2v) is 6.83. The summed E-state index contributed by atoms with van der Waals surface area (Å²) in [5.41, 5.74) is 0.761. The minimum absolute atomic E-state index is 0.201. The number of aromatic nitrogens is 4. The second-order valence-electron chi connectivity index (χ2n) is 6.83. The van der Waals surface area contributed by atoms with Crippen LogP contribution in [0.5, 0.6) is 0 Å². The molecule has 4 rings (SSSR count). The largest absolute Gasteiger partial charge is 0.352 e. The number of nitrogens with zero attached hydrogens (tertiary/aromatic N) is 6. The minimum Gasteiger partial charge on any atom is -0.352 e. The summed E-state index contributed by atoms with van der Waals surface area (Å²) in [6.45, 7) is 2.83. The van der Waals surface area contributed by atoms with Crippen molar-refractivity contribution in [3.63, 3.8) is 0 Å². The van der Waals surface area contributed by atoms with Gasteiger partial charge in [0.05, 0.1) is 0 Å². The van der Waals surface area contributed by atoms with E-state index in [1.54, 1.807) is 10.8 Å². The van der Waals surface area contributed by atoms with Crippen molar-refractivity contribution in [3.8, 4) is 0 Å². The van der Waals surface area contributed by atoms with Crippen LogP contribution in [0.15, 0.2) is 18.5 Å². The van der Waals surface area contributed by atoms with Crippen molar-refractivity contribution in [1.29, 1.82) is 0 Å². The molecular weight excluding hydrogens is 306 g/mol. The number of carbonyl (C=O) groups excluding carboxylic acids is 1. The molecule has 2 aliphatic rings. The van der Waals surface area contributed by atoms with Gasteiger partial charge in [-0.15, -0.1) is 15.3 Å². The van der Waals surface area contributed by atoms with E-state index in [-0.39, 0.29) is 11.9 Å². The monoisotopic (exact) mass is 329 g/mol. The van der Waals surface area contributed by atoms with Crippen LogP contribution in [0.25, 0.3) is 5.65 Å². The quantitative estimate of drug-likeness (QED) is 0.869. The van der Waals surface area contributed by atoms with E-state index in [2.05, 4.69) is 37.5 Å². The van der Waals surface area contributed by atoms with E-state index >= 15 is 0 Å². The van der Waals surface area contributed by atoms with E-state index in [9.17, 15) is 4.79 Å². The van der Waals surface area contributed by atoms with Gasteiger partial charge < -0.3 is 10.2 Å². The normalized spacial score (nSPS) is 22.5. The number of fused-ring (bicyclic) bond motifs is 1. The van der Waals surface area contributed by atoms with Gasteiger partial charge in [-0.1, -0.05) is 6.42 Å². The first-order valence-electron chi connectivity index (χ1n) is 8.60. The van der Waals surface area contributed by atoms with Gasteiger partial charge in [0.2, 0.25) is 5.91 Å². The molecule has 2 saturated heterocycles. The number of rotatable bonds is 4. The lowest BCUT2D eigenvalue weighted by molar-refractivity contribution is -0.121. The SMILES string of the molecule is CN(CC1CCCCC(=O)N1)C1CN(c2ccc3nncn3n2)C1. The van der Waals surface area contributed by atoms with Crippen LogP contribution in [-0.4, -0.2) is 69.4 Å². The molecule has 0 aromatic carbocycles. The molecule has 0 saturated carbocycles. The Morgan fingerprint density at radius 1 is 1.33 bits per heavy atom. The third-order valence-electron chi connectivity index (χ3n) is 5.04. The molecule has 2 aromatic heterocycles. The van der Waals surface area contributed by atoms with Crippen molar-refractivity contribution in [1.82, 2.24) is 30.0 Å². The van der Waals surface area contributed by atoms with E-state index in [4.69, 9.17) is 0 Å². The highest BCUT2D eigenvalue weighted by Gasteiger charge is 2.32. The van der Waals surface area contributed by atoms with Crippen molar-refractivity contribution in [2.24, 2.45) is 0 Å². The number of amides is 1. The zero-order valence-electron chi connectivity index (χ0n) is 13.9. The van der Waals surface area contributed by atoms with E-state index in [0.717, 1.165) is 50.4 Å². The first kappa shape index (κ1) is 15.3. The third-order valence-corrected chi connectivity index (χ3v) is 5.04. The Bertz CT molecular complexity index is 724. The molecule has 128 valence electrons. The van der Waals surface area contributed by atoms with Crippen molar-refractivity contribution >= 4 is 17.4 Å². The number of hydrogen-bond donors (Lipinski definition) is 1. The maximum absolute atomic E-state index is 11.7. The average Bonchev–Trinajstić information content (AvgIpc) is 2.88. The van der Waals surface area contributed by atoms with Crippen LogP contribution >= 0.6 is 0 Å². The van der Waals surface area contributed by atoms with Crippen LogP contribution in [0.3, 0.4) is 0 Å². The van der Waals surface area contributed by atoms with Crippen LogP contribution in [0.1, 0.15) is 25.7 Å². The molecular formula is C16H23N7O.